The third-order valence-corrected chi connectivity index (χ3v) is 4.68. The lowest BCUT2D eigenvalue weighted by Gasteiger charge is -2.29. The maximum Gasteiger partial charge on any atom is 0.220 e. The molecule has 2 atom stereocenters. The minimum Gasteiger partial charge on any atom is -0.384 e. The van der Waals surface area contributed by atoms with E-state index in [1.807, 2.05) is 6.07 Å². The smallest absolute Gasteiger partial charge is 0.220 e. The summed E-state index contributed by atoms with van der Waals surface area (Å²) in [6, 6.07) is 8.30. The maximum absolute atomic E-state index is 12.2. The molecular weight excluding hydrogens is 262 g/mol. The Morgan fingerprint density at radius 2 is 2.29 bits per heavy atom. The van der Waals surface area contributed by atoms with Crippen LogP contribution in [0.1, 0.15) is 30.7 Å². The lowest BCUT2D eigenvalue weighted by molar-refractivity contribution is -0.121. The van der Waals surface area contributed by atoms with Crippen LogP contribution in [0.15, 0.2) is 24.3 Å². The average Bonchev–Trinajstić information content (AvgIpc) is 2.89. The number of piperidine rings is 1. The highest BCUT2D eigenvalue weighted by Gasteiger charge is 2.24. The zero-order valence-corrected chi connectivity index (χ0v) is 12.8. The van der Waals surface area contributed by atoms with Gasteiger partial charge in [0.05, 0.1) is 0 Å². The van der Waals surface area contributed by atoms with E-state index in [0.717, 1.165) is 19.6 Å². The first kappa shape index (κ1) is 14.4. The summed E-state index contributed by atoms with van der Waals surface area (Å²) >= 11 is 0. The van der Waals surface area contributed by atoms with E-state index in [-0.39, 0.29) is 5.91 Å². The van der Waals surface area contributed by atoms with E-state index in [9.17, 15) is 4.79 Å². The second-order valence-corrected chi connectivity index (χ2v) is 6.44. The number of nitrogens with zero attached hydrogens (tertiary/aromatic N) is 1. The first-order valence-corrected chi connectivity index (χ1v) is 8.00. The molecule has 1 aromatic rings. The minimum atomic E-state index is 0.187. The van der Waals surface area contributed by atoms with Crippen LogP contribution in [0.4, 0.5) is 5.69 Å². The predicted octanol–water partition coefficient (Wildman–Crippen LogP) is 2.04. The highest BCUT2D eigenvalue weighted by Crippen LogP contribution is 2.33. The van der Waals surface area contributed by atoms with Crippen LogP contribution in [-0.2, 0) is 4.79 Å². The maximum atomic E-state index is 12.2. The molecule has 0 saturated carbocycles. The predicted molar refractivity (Wildman–Crippen MR) is 85.5 cm³/mol. The van der Waals surface area contributed by atoms with Gasteiger partial charge in [0.25, 0.3) is 0 Å². The van der Waals surface area contributed by atoms with Crippen molar-refractivity contribution in [1.82, 2.24) is 10.2 Å². The van der Waals surface area contributed by atoms with Crippen LogP contribution in [-0.4, -0.2) is 44.0 Å². The molecule has 2 N–H and O–H groups in total. The number of rotatable bonds is 4. The quantitative estimate of drug-likeness (QED) is 0.891. The summed E-state index contributed by atoms with van der Waals surface area (Å²) < 4.78 is 0. The summed E-state index contributed by atoms with van der Waals surface area (Å²) in [4.78, 5) is 14.5. The van der Waals surface area contributed by atoms with Gasteiger partial charge in [0.15, 0.2) is 0 Å². The van der Waals surface area contributed by atoms with E-state index in [0.29, 0.717) is 18.3 Å². The molecule has 1 fully saturated rings. The van der Waals surface area contributed by atoms with E-state index in [1.54, 1.807) is 0 Å². The summed E-state index contributed by atoms with van der Waals surface area (Å²) in [5.74, 6) is 1.11. The van der Waals surface area contributed by atoms with Gasteiger partial charge in [-0.15, -0.1) is 0 Å². The van der Waals surface area contributed by atoms with Crippen LogP contribution in [0.25, 0.3) is 0 Å². The lowest BCUT2D eigenvalue weighted by atomic mass is 9.96. The van der Waals surface area contributed by atoms with Gasteiger partial charge in [-0.1, -0.05) is 18.2 Å². The van der Waals surface area contributed by atoms with Gasteiger partial charge in [-0.25, -0.2) is 0 Å². The van der Waals surface area contributed by atoms with Crippen molar-refractivity contribution in [3.8, 4) is 0 Å². The number of benzene rings is 1. The molecule has 1 aromatic carbocycles. The average molecular weight is 287 g/mol. The normalized spacial score (nSPS) is 25.2. The first-order valence-electron chi connectivity index (χ1n) is 8.00. The fourth-order valence-corrected chi connectivity index (χ4v) is 3.53. The Kier molecular flexibility index (Phi) is 4.44. The Morgan fingerprint density at radius 1 is 1.43 bits per heavy atom. The molecule has 2 aliphatic rings. The Hall–Kier alpha value is -1.55. The van der Waals surface area contributed by atoms with Crippen LogP contribution in [0.3, 0.4) is 0 Å². The molecule has 4 heteroatoms. The van der Waals surface area contributed by atoms with Crippen LogP contribution in [0.5, 0.6) is 0 Å². The monoisotopic (exact) mass is 287 g/mol. The van der Waals surface area contributed by atoms with Crippen molar-refractivity contribution in [1.29, 1.82) is 0 Å². The molecule has 4 nitrogen and oxygen atoms in total. The molecule has 21 heavy (non-hydrogen) atoms. The van der Waals surface area contributed by atoms with Gasteiger partial charge in [-0.3, -0.25) is 4.79 Å². The van der Waals surface area contributed by atoms with Crippen LogP contribution in [0, 0.1) is 5.92 Å². The third-order valence-electron chi connectivity index (χ3n) is 4.68. The molecule has 2 heterocycles. The molecule has 0 aromatic heterocycles. The van der Waals surface area contributed by atoms with Crippen LogP contribution < -0.4 is 10.6 Å². The third kappa shape index (κ3) is 3.56. The number of nitrogens with one attached hydrogen (secondary N) is 2. The highest BCUT2D eigenvalue weighted by atomic mass is 16.1. The number of likely N-dealkylation sites (tertiary alicyclic amines) is 1. The van der Waals surface area contributed by atoms with Crippen LogP contribution >= 0.6 is 0 Å². The number of carbonyl (C=O) groups is 1. The van der Waals surface area contributed by atoms with Gasteiger partial charge in [-0.05, 0) is 44.0 Å². The van der Waals surface area contributed by atoms with Gasteiger partial charge >= 0.3 is 0 Å². The summed E-state index contributed by atoms with van der Waals surface area (Å²) in [5, 5.41) is 6.52. The summed E-state index contributed by atoms with van der Waals surface area (Å²) in [6.45, 7) is 3.99. The molecule has 2 unspecified atom stereocenters. The Bertz CT molecular complexity index is 503. The molecule has 114 valence electrons. The zero-order chi connectivity index (χ0) is 14.7. The van der Waals surface area contributed by atoms with Crippen LogP contribution in [0.2, 0.25) is 0 Å². The van der Waals surface area contributed by atoms with Gasteiger partial charge in [0.2, 0.25) is 5.91 Å². The number of fused-ring (bicyclic) bond motifs is 1. The van der Waals surface area contributed by atoms with Gasteiger partial charge in [0, 0.05) is 37.7 Å². The molecular formula is C17H25N3O. The largest absolute Gasteiger partial charge is 0.384 e. The lowest BCUT2D eigenvalue weighted by Crippen LogP contribution is -2.39. The Morgan fingerprint density at radius 3 is 3.14 bits per heavy atom. The number of hydrogen-bond acceptors (Lipinski definition) is 3. The topological polar surface area (TPSA) is 44.4 Å². The second kappa shape index (κ2) is 6.48. The number of anilines is 1. The van der Waals surface area contributed by atoms with Crippen molar-refractivity contribution >= 4 is 11.6 Å². The van der Waals surface area contributed by atoms with E-state index in [2.05, 4.69) is 40.8 Å². The van der Waals surface area contributed by atoms with Crippen molar-refractivity contribution in [2.45, 2.75) is 25.2 Å². The van der Waals surface area contributed by atoms with Crippen molar-refractivity contribution in [2.75, 3.05) is 38.5 Å². The fraction of sp³-hybridized carbons (Fsp3) is 0.588. The molecule has 0 radical (unpaired) electrons. The number of carbonyl (C=O) groups excluding carboxylic acids is 1. The summed E-state index contributed by atoms with van der Waals surface area (Å²) in [7, 11) is 2.16. The Balaban J connectivity index is 1.47. The highest BCUT2D eigenvalue weighted by molar-refractivity contribution is 5.78. The van der Waals surface area contributed by atoms with Crippen molar-refractivity contribution in [3.05, 3.63) is 29.8 Å². The standard InChI is InChI=1S/C17H25N3O/c1-20-8-4-5-13(12-20)10-19-17(21)9-14-11-18-16-7-3-2-6-15(14)16/h2-3,6-7,13-14,18H,4-5,8-12H2,1H3,(H,19,21). The molecule has 2 aliphatic heterocycles. The fourth-order valence-electron chi connectivity index (χ4n) is 3.53. The van der Waals surface area contributed by atoms with Crippen molar-refractivity contribution in [3.63, 3.8) is 0 Å². The molecule has 1 amide bonds. The van der Waals surface area contributed by atoms with E-state index in [1.165, 1.54) is 30.6 Å². The van der Waals surface area contributed by atoms with Gasteiger partial charge in [-0.2, -0.15) is 0 Å². The van der Waals surface area contributed by atoms with E-state index < -0.39 is 0 Å². The molecule has 0 spiro atoms. The molecule has 3 rings (SSSR count). The second-order valence-electron chi connectivity index (χ2n) is 6.44. The number of para-hydroxylation sites is 1. The zero-order valence-electron chi connectivity index (χ0n) is 12.8. The number of hydrogen-bond donors (Lipinski definition) is 2. The molecule has 0 bridgehead atoms. The summed E-state index contributed by atoms with van der Waals surface area (Å²) in [5.41, 5.74) is 2.47. The Labute approximate surface area is 126 Å². The van der Waals surface area contributed by atoms with Crippen molar-refractivity contribution < 1.29 is 4.79 Å². The molecule has 0 aliphatic carbocycles. The molecule has 1 saturated heterocycles. The SMILES string of the molecule is CN1CCCC(CNC(=O)CC2CNc3ccccc32)C1. The first-order chi connectivity index (χ1) is 10.2. The minimum absolute atomic E-state index is 0.187. The van der Waals surface area contributed by atoms with Crippen molar-refractivity contribution in [2.24, 2.45) is 5.92 Å². The number of amides is 1. The van der Waals surface area contributed by atoms with E-state index in [4.69, 9.17) is 0 Å². The van der Waals surface area contributed by atoms with E-state index >= 15 is 0 Å². The summed E-state index contributed by atoms with van der Waals surface area (Å²) in [6.07, 6.45) is 3.07. The van der Waals surface area contributed by atoms with Gasteiger partial charge < -0.3 is 15.5 Å². The van der Waals surface area contributed by atoms with Gasteiger partial charge in [0.1, 0.15) is 0 Å².